The van der Waals surface area contributed by atoms with Crippen LogP contribution < -0.4 is 10.7 Å². The van der Waals surface area contributed by atoms with Gasteiger partial charge in [-0.25, -0.2) is 0 Å². The summed E-state index contributed by atoms with van der Waals surface area (Å²) in [7, 11) is 0. The van der Waals surface area contributed by atoms with Crippen LogP contribution in [-0.4, -0.2) is 22.4 Å². The zero-order valence-corrected chi connectivity index (χ0v) is 16.7. The number of hydrogen-bond donors (Lipinski definition) is 2. The molecule has 0 aliphatic rings. The van der Waals surface area contributed by atoms with Crippen molar-refractivity contribution >= 4 is 23.5 Å². The lowest BCUT2D eigenvalue weighted by molar-refractivity contribution is 0.903. The Hall–Kier alpha value is -2.92. The first-order chi connectivity index (χ1) is 13.1. The van der Waals surface area contributed by atoms with Gasteiger partial charge < -0.3 is 9.88 Å². The summed E-state index contributed by atoms with van der Waals surface area (Å²) in [6, 6.07) is 21.2. The fourth-order valence-electron chi connectivity index (χ4n) is 3.11. The van der Waals surface area contributed by atoms with Crippen molar-refractivity contribution in [3.8, 4) is 16.8 Å². The van der Waals surface area contributed by atoms with E-state index in [1.807, 2.05) is 13.0 Å². The molecule has 0 radical (unpaired) electrons. The molecule has 2 N–H and O–H groups in total. The molecule has 0 bridgehead atoms. The first-order valence-electron chi connectivity index (χ1n) is 9.02. The van der Waals surface area contributed by atoms with Crippen LogP contribution in [-0.2, 0) is 0 Å². The summed E-state index contributed by atoms with van der Waals surface area (Å²) < 4.78 is 2.23. The van der Waals surface area contributed by atoms with E-state index in [1.54, 1.807) is 6.21 Å². The molecule has 0 spiro atoms. The lowest BCUT2D eigenvalue weighted by Gasteiger charge is -2.11. The van der Waals surface area contributed by atoms with Gasteiger partial charge >= 0.3 is 0 Å². The van der Waals surface area contributed by atoms with Crippen LogP contribution in [0.3, 0.4) is 0 Å². The molecule has 138 valence electrons. The van der Waals surface area contributed by atoms with Gasteiger partial charge in [0.05, 0.1) is 6.21 Å². The van der Waals surface area contributed by atoms with Crippen molar-refractivity contribution in [2.24, 2.45) is 5.10 Å². The highest BCUT2D eigenvalue weighted by Gasteiger charge is 2.09. The van der Waals surface area contributed by atoms with E-state index in [-0.39, 0.29) is 0 Å². The third kappa shape index (κ3) is 4.44. The van der Waals surface area contributed by atoms with Gasteiger partial charge in [-0.15, -0.1) is 0 Å². The van der Waals surface area contributed by atoms with Crippen molar-refractivity contribution in [2.45, 2.75) is 20.8 Å². The van der Waals surface area contributed by atoms with Crippen molar-refractivity contribution in [1.29, 1.82) is 0 Å². The number of aromatic nitrogens is 1. The first-order valence-corrected chi connectivity index (χ1v) is 9.42. The van der Waals surface area contributed by atoms with Gasteiger partial charge in [0.2, 0.25) is 0 Å². The summed E-state index contributed by atoms with van der Waals surface area (Å²) in [5.41, 5.74) is 9.77. The molecule has 5 heteroatoms. The van der Waals surface area contributed by atoms with Crippen LogP contribution in [0.4, 0.5) is 0 Å². The second-order valence-electron chi connectivity index (χ2n) is 6.30. The summed E-state index contributed by atoms with van der Waals surface area (Å²) in [5.74, 6) is 0. The van der Waals surface area contributed by atoms with E-state index < -0.39 is 0 Å². The van der Waals surface area contributed by atoms with E-state index >= 15 is 0 Å². The summed E-state index contributed by atoms with van der Waals surface area (Å²) >= 11 is 5.12. The number of aryl methyl sites for hydroxylation is 1. The minimum Gasteiger partial charge on any atom is -0.362 e. The van der Waals surface area contributed by atoms with Crippen molar-refractivity contribution in [3.05, 3.63) is 77.6 Å². The Bertz CT molecular complexity index is 940. The average molecular weight is 377 g/mol. The average Bonchev–Trinajstić information content (AvgIpc) is 2.96. The number of benzene rings is 2. The van der Waals surface area contributed by atoms with Gasteiger partial charge in [-0.1, -0.05) is 42.5 Å². The molecule has 0 atom stereocenters. The molecule has 27 heavy (non-hydrogen) atoms. The van der Waals surface area contributed by atoms with E-state index in [2.05, 4.69) is 88.9 Å². The van der Waals surface area contributed by atoms with Crippen molar-refractivity contribution in [3.63, 3.8) is 0 Å². The molecule has 0 aliphatic heterocycles. The molecule has 3 rings (SSSR count). The molecule has 1 aromatic heterocycles. The fourth-order valence-corrected chi connectivity index (χ4v) is 3.31. The minimum absolute atomic E-state index is 0.527. The van der Waals surface area contributed by atoms with E-state index in [9.17, 15) is 0 Å². The predicted molar refractivity (Wildman–Crippen MR) is 118 cm³/mol. The first kappa shape index (κ1) is 18.9. The number of thiocarbonyl (C=S) groups is 1. The predicted octanol–water partition coefficient (Wildman–Crippen LogP) is 4.58. The second kappa shape index (κ2) is 8.64. The van der Waals surface area contributed by atoms with Crippen molar-refractivity contribution in [1.82, 2.24) is 15.3 Å². The highest BCUT2D eigenvalue weighted by atomic mass is 32.1. The van der Waals surface area contributed by atoms with Gasteiger partial charge in [-0.05, 0) is 62.3 Å². The minimum atomic E-state index is 0.527. The van der Waals surface area contributed by atoms with Crippen LogP contribution in [0.25, 0.3) is 16.8 Å². The number of nitrogens with zero attached hydrogens (tertiary/aromatic N) is 2. The van der Waals surface area contributed by atoms with E-state index in [1.165, 1.54) is 11.1 Å². The molecule has 0 amide bonds. The Balaban J connectivity index is 1.82. The van der Waals surface area contributed by atoms with Crippen LogP contribution in [0.5, 0.6) is 0 Å². The molecule has 0 saturated heterocycles. The van der Waals surface area contributed by atoms with E-state index in [0.717, 1.165) is 29.2 Å². The monoisotopic (exact) mass is 376 g/mol. The third-order valence-corrected chi connectivity index (χ3v) is 4.65. The van der Waals surface area contributed by atoms with Gasteiger partial charge in [0.15, 0.2) is 5.11 Å². The number of nitrogens with one attached hydrogen (secondary N) is 2. The molecular formula is C22H24N4S. The Morgan fingerprint density at radius 1 is 1.04 bits per heavy atom. The zero-order chi connectivity index (χ0) is 19.2. The van der Waals surface area contributed by atoms with Crippen LogP contribution >= 0.6 is 12.2 Å². The van der Waals surface area contributed by atoms with E-state index in [4.69, 9.17) is 12.2 Å². The second-order valence-corrected chi connectivity index (χ2v) is 6.71. The van der Waals surface area contributed by atoms with Gasteiger partial charge in [0.1, 0.15) is 0 Å². The number of hydrazone groups is 1. The molecule has 0 aliphatic carbocycles. The Kier molecular flexibility index (Phi) is 6.04. The van der Waals surface area contributed by atoms with Gasteiger partial charge in [0, 0.05) is 29.2 Å². The largest absolute Gasteiger partial charge is 0.362 e. The lowest BCUT2D eigenvalue weighted by atomic mass is 10.1. The third-order valence-electron chi connectivity index (χ3n) is 4.41. The Morgan fingerprint density at radius 3 is 2.37 bits per heavy atom. The molecule has 3 aromatic rings. The SMILES string of the molecule is CCNC(=S)N/N=C/c1cc(C)n(-c2ccc(-c3ccccc3)cc2)c1C. The highest BCUT2D eigenvalue weighted by Crippen LogP contribution is 2.24. The normalized spacial score (nSPS) is 10.9. The molecule has 0 saturated carbocycles. The number of rotatable bonds is 5. The Labute approximate surface area is 165 Å². The van der Waals surface area contributed by atoms with Crippen LogP contribution in [0.1, 0.15) is 23.9 Å². The molecule has 0 unspecified atom stereocenters. The summed E-state index contributed by atoms with van der Waals surface area (Å²) in [4.78, 5) is 0. The van der Waals surface area contributed by atoms with Crippen LogP contribution in [0.2, 0.25) is 0 Å². The van der Waals surface area contributed by atoms with Gasteiger partial charge in [0.25, 0.3) is 0 Å². The lowest BCUT2D eigenvalue weighted by Crippen LogP contribution is -2.31. The van der Waals surface area contributed by atoms with Gasteiger partial charge in [-0.2, -0.15) is 5.10 Å². The molecule has 4 nitrogen and oxygen atoms in total. The quantitative estimate of drug-likeness (QED) is 0.389. The van der Waals surface area contributed by atoms with Crippen LogP contribution in [0.15, 0.2) is 65.8 Å². The van der Waals surface area contributed by atoms with Crippen LogP contribution in [0, 0.1) is 13.8 Å². The number of hydrogen-bond acceptors (Lipinski definition) is 2. The standard InChI is InChI=1S/C22H24N4S/c1-4-23-22(27)25-24-15-20-14-16(2)26(17(20)3)21-12-10-19(11-13-21)18-8-6-5-7-9-18/h5-15H,4H2,1-3H3,(H2,23,25,27)/b24-15+. The maximum atomic E-state index is 5.12. The summed E-state index contributed by atoms with van der Waals surface area (Å²) in [6.07, 6.45) is 1.81. The molecule has 1 heterocycles. The topological polar surface area (TPSA) is 41.4 Å². The maximum absolute atomic E-state index is 5.12. The maximum Gasteiger partial charge on any atom is 0.186 e. The summed E-state index contributed by atoms with van der Waals surface area (Å²) in [5, 5.41) is 7.77. The summed E-state index contributed by atoms with van der Waals surface area (Å²) in [6.45, 7) is 6.97. The van der Waals surface area contributed by atoms with Crippen molar-refractivity contribution < 1.29 is 0 Å². The van der Waals surface area contributed by atoms with E-state index in [0.29, 0.717) is 5.11 Å². The smallest absolute Gasteiger partial charge is 0.186 e. The van der Waals surface area contributed by atoms with Gasteiger partial charge in [-0.3, -0.25) is 5.43 Å². The molecule has 0 fully saturated rings. The van der Waals surface area contributed by atoms with Crippen molar-refractivity contribution in [2.75, 3.05) is 6.54 Å². The Morgan fingerprint density at radius 2 is 1.70 bits per heavy atom. The fraction of sp³-hybridized carbons (Fsp3) is 0.182. The zero-order valence-electron chi connectivity index (χ0n) is 15.9. The molecule has 2 aromatic carbocycles. The highest BCUT2D eigenvalue weighted by molar-refractivity contribution is 7.80. The molecular weight excluding hydrogens is 352 g/mol.